The highest BCUT2D eigenvalue weighted by molar-refractivity contribution is 6.31. The van der Waals surface area contributed by atoms with Crippen LogP contribution in [0.1, 0.15) is 13.8 Å². The van der Waals surface area contributed by atoms with Gasteiger partial charge in [0.05, 0.1) is 13.2 Å². The van der Waals surface area contributed by atoms with Crippen molar-refractivity contribution >= 4 is 47.5 Å². The molecule has 2 aromatic carbocycles. The highest BCUT2D eigenvalue weighted by atomic mass is 35.5. The summed E-state index contributed by atoms with van der Waals surface area (Å²) in [6, 6.07) is 14.5. The van der Waals surface area contributed by atoms with Gasteiger partial charge in [0, 0.05) is 45.7 Å². The number of nitrogens with zero attached hydrogens (tertiary/aromatic N) is 6. The van der Waals surface area contributed by atoms with E-state index < -0.39 is 11.9 Å². The van der Waals surface area contributed by atoms with Crippen LogP contribution in [0.15, 0.2) is 73.3 Å². The number of aromatic nitrogens is 6. The number of halogens is 2. The third-order valence-corrected chi connectivity index (χ3v) is 4.95. The van der Waals surface area contributed by atoms with Crippen LogP contribution in [0.4, 0.5) is 0 Å². The van der Waals surface area contributed by atoms with E-state index in [4.69, 9.17) is 32.7 Å². The van der Waals surface area contributed by atoms with Gasteiger partial charge in [0.1, 0.15) is 12.7 Å². The van der Waals surface area contributed by atoms with E-state index in [1.54, 1.807) is 38.1 Å². The Morgan fingerprint density at radius 2 is 1.18 bits per heavy atom. The van der Waals surface area contributed by atoms with Crippen LogP contribution in [0.25, 0.3) is 35.2 Å². The topological polar surface area (TPSA) is 114 Å². The van der Waals surface area contributed by atoms with Crippen molar-refractivity contribution in [1.29, 1.82) is 0 Å². The first-order chi connectivity index (χ1) is 18.4. The normalized spacial score (nSPS) is 10.8. The molecule has 0 saturated heterocycles. The van der Waals surface area contributed by atoms with E-state index in [-0.39, 0.29) is 0 Å². The zero-order valence-electron chi connectivity index (χ0n) is 20.6. The molecule has 0 unspecified atom stereocenters. The Hall–Kier alpha value is -4.28. The molecule has 0 bridgehead atoms. The number of hydrogen-bond donors (Lipinski definition) is 0. The Bertz CT molecular complexity index is 1320. The van der Waals surface area contributed by atoms with Gasteiger partial charge in [0.15, 0.2) is 11.6 Å². The molecule has 0 atom stereocenters. The van der Waals surface area contributed by atoms with Gasteiger partial charge in [-0.25, -0.2) is 28.9 Å². The molecule has 0 saturated carbocycles. The standard InChI is InChI=1S/2C13H12ClN3O2/c2*1-2-19-12(18)6-7-17-9-15-13(16-17)10-4-3-5-11(14)8-10/h2*3-9H,2H2,1H3/b7-6+;7-6-. The van der Waals surface area contributed by atoms with Gasteiger partial charge in [-0.15, -0.1) is 10.2 Å². The van der Waals surface area contributed by atoms with Crippen LogP contribution in [-0.2, 0) is 19.1 Å². The van der Waals surface area contributed by atoms with Gasteiger partial charge in [-0.1, -0.05) is 47.5 Å². The minimum Gasteiger partial charge on any atom is -0.463 e. The maximum Gasteiger partial charge on any atom is 0.332 e. The summed E-state index contributed by atoms with van der Waals surface area (Å²) in [7, 11) is 0. The number of ether oxygens (including phenoxy) is 2. The highest BCUT2D eigenvalue weighted by Gasteiger charge is 2.05. The van der Waals surface area contributed by atoms with Crippen LogP contribution in [0.5, 0.6) is 0 Å². The maximum atomic E-state index is 11.1. The largest absolute Gasteiger partial charge is 0.463 e. The molecule has 2 aromatic heterocycles. The lowest BCUT2D eigenvalue weighted by atomic mass is 10.2. The monoisotopic (exact) mass is 554 g/mol. The summed E-state index contributed by atoms with van der Waals surface area (Å²) in [6.07, 6.45) is 8.57. The first-order valence-electron chi connectivity index (χ1n) is 11.4. The molecule has 196 valence electrons. The fourth-order valence-corrected chi connectivity index (χ4v) is 3.25. The first kappa shape index (κ1) is 28.3. The van der Waals surface area contributed by atoms with E-state index in [9.17, 15) is 9.59 Å². The Morgan fingerprint density at radius 1 is 0.763 bits per heavy atom. The lowest BCUT2D eigenvalue weighted by Crippen LogP contribution is -2.00. The van der Waals surface area contributed by atoms with E-state index in [0.717, 1.165) is 11.1 Å². The summed E-state index contributed by atoms with van der Waals surface area (Å²) < 4.78 is 12.4. The van der Waals surface area contributed by atoms with E-state index >= 15 is 0 Å². The van der Waals surface area contributed by atoms with Crippen molar-refractivity contribution in [3.63, 3.8) is 0 Å². The number of benzene rings is 2. The lowest BCUT2D eigenvalue weighted by Gasteiger charge is -1.95. The molecule has 0 radical (unpaired) electrons. The van der Waals surface area contributed by atoms with Gasteiger partial charge in [-0.3, -0.25) is 0 Å². The number of carbonyl (C=O) groups excluding carboxylic acids is 2. The SMILES string of the molecule is CCOC(=O)/C=C/n1cnc(-c2cccc(Cl)c2)n1.CCOC(=O)/C=C\n1cnc(-c2cccc(Cl)c2)n1. The predicted octanol–water partition coefficient (Wildman–Crippen LogP) is 5.26. The van der Waals surface area contributed by atoms with Crippen molar-refractivity contribution in [3.05, 3.63) is 83.4 Å². The quantitative estimate of drug-likeness (QED) is 0.214. The Kier molecular flexibility index (Phi) is 10.8. The fourth-order valence-electron chi connectivity index (χ4n) is 2.87. The minimum atomic E-state index is -0.415. The summed E-state index contributed by atoms with van der Waals surface area (Å²) in [5.74, 6) is 0.247. The Labute approximate surface area is 229 Å². The second-order valence-corrected chi connectivity index (χ2v) is 8.13. The molecule has 0 aliphatic heterocycles. The molecule has 38 heavy (non-hydrogen) atoms. The third-order valence-electron chi connectivity index (χ3n) is 4.48. The molecule has 0 spiro atoms. The zero-order valence-corrected chi connectivity index (χ0v) is 22.1. The minimum absolute atomic E-state index is 0.342. The van der Waals surface area contributed by atoms with Crippen molar-refractivity contribution < 1.29 is 19.1 Å². The van der Waals surface area contributed by atoms with Crippen molar-refractivity contribution in [3.8, 4) is 22.8 Å². The molecule has 0 amide bonds. The van der Waals surface area contributed by atoms with Gasteiger partial charge < -0.3 is 9.47 Å². The highest BCUT2D eigenvalue weighted by Crippen LogP contribution is 2.19. The van der Waals surface area contributed by atoms with Crippen molar-refractivity contribution in [2.24, 2.45) is 0 Å². The van der Waals surface area contributed by atoms with Crippen LogP contribution in [0, 0.1) is 0 Å². The van der Waals surface area contributed by atoms with Crippen molar-refractivity contribution in [2.45, 2.75) is 13.8 Å². The summed E-state index contributed by atoms with van der Waals surface area (Å²) in [6.45, 7) is 4.18. The van der Waals surface area contributed by atoms with Crippen molar-refractivity contribution in [1.82, 2.24) is 29.5 Å². The molecule has 10 nitrogen and oxygen atoms in total. The number of hydrogen-bond acceptors (Lipinski definition) is 8. The summed E-state index contributed by atoms with van der Waals surface area (Å²) in [4.78, 5) is 30.6. The van der Waals surface area contributed by atoms with Gasteiger partial charge in [0.25, 0.3) is 0 Å². The second kappa shape index (κ2) is 14.5. The van der Waals surface area contributed by atoms with Gasteiger partial charge in [-0.05, 0) is 38.1 Å². The Morgan fingerprint density at radius 3 is 1.55 bits per heavy atom. The first-order valence-corrected chi connectivity index (χ1v) is 12.2. The molecule has 4 rings (SSSR count). The zero-order chi connectivity index (χ0) is 27.3. The van der Waals surface area contributed by atoms with E-state index in [0.29, 0.717) is 34.9 Å². The van der Waals surface area contributed by atoms with Crippen LogP contribution in [-0.4, -0.2) is 54.7 Å². The van der Waals surface area contributed by atoms with Crippen LogP contribution < -0.4 is 0 Å². The lowest BCUT2D eigenvalue weighted by molar-refractivity contribution is -0.138. The molecule has 0 fully saturated rings. The van der Waals surface area contributed by atoms with Gasteiger partial charge in [0.2, 0.25) is 0 Å². The van der Waals surface area contributed by atoms with Crippen LogP contribution in [0.3, 0.4) is 0 Å². The summed E-state index contributed by atoms with van der Waals surface area (Å²) >= 11 is 11.8. The third kappa shape index (κ3) is 8.99. The van der Waals surface area contributed by atoms with Gasteiger partial charge >= 0.3 is 11.9 Å². The predicted molar refractivity (Wildman–Crippen MR) is 145 cm³/mol. The Balaban J connectivity index is 0.000000211. The summed E-state index contributed by atoms with van der Waals surface area (Å²) in [5.41, 5.74) is 1.63. The molecular formula is C26H24Cl2N6O4. The van der Waals surface area contributed by atoms with E-state index in [1.807, 2.05) is 24.3 Å². The molecule has 0 aliphatic carbocycles. The van der Waals surface area contributed by atoms with Crippen LogP contribution in [0.2, 0.25) is 10.0 Å². The molecule has 12 heteroatoms. The van der Waals surface area contributed by atoms with Crippen LogP contribution >= 0.6 is 23.2 Å². The maximum absolute atomic E-state index is 11.1. The molecule has 4 aromatic rings. The average molecular weight is 555 g/mol. The number of esters is 2. The molecule has 2 heterocycles. The summed E-state index contributed by atoms with van der Waals surface area (Å²) in [5, 5.41) is 9.65. The van der Waals surface area contributed by atoms with Crippen molar-refractivity contribution in [2.75, 3.05) is 13.2 Å². The van der Waals surface area contributed by atoms with E-state index in [2.05, 4.69) is 20.2 Å². The van der Waals surface area contributed by atoms with Gasteiger partial charge in [-0.2, -0.15) is 0 Å². The second-order valence-electron chi connectivity index (χ2n) is 7.25. The molecular weight excluding hydrogens is 531 g/mol. The van der Waals surface area contributed by atoms with E-state index in [1.165, 1.54) is 46.6 Å². The number of carbonyl (C=O) groups is 2. The molecule has 0 aliphatic rings. The average Bonchev–Trinajstić information content (AvgIpc) is 3.57. The smallest absolute Gasteiger partial charge is 0.332 e. The molecule has 0 N–H and O–H groups in total. The fraction of sp³-hybridized carbons (Fsp3) is 0.154. The number of rotatable bonds is 8.